The minimum atomic E-state index is -3.77. The summed E-state index contributed by atoms with van der Waals surface area (Å²) in [6.45, 7) is 3.26. The maximum atomic E-state index is 12.1. The fourth-order valence-electron chi connectivity index (χ4n) is 1.28. The Morgan fingerprint density at radius 1 is 1.67 bits per heavy atom. The SMILES string of the molecule is CCC(C)(NS(=O)(=O)c1cccnc1)/C(N)=N/O. The third kappa shape index (κ3) is 2.96. The Balaban J connectivity index is 3.10. The molecule has 1 atom stereocenters. The van der Waals surface area contributed by atoms with Crippen molar-refractivity contribution in [3.8, 4) is 0 Å². The summed E-state index contributed by atoms with van der Waals surface area (Å²) in [7, 11) is -3.77. The van der Waals surface area contributed by atoms with Crippen molar-refractivity contribution in [3.63, 3.8) is 0 Å². The Morgan fingerprint density at radius 2 is 2.33 bits per heavy atom. The summed E-state index contributed by atoms with van der Waals surface area (Å²) in [6, 6.07) is 2.93. The molecule has 0 radical (unpaired) electrons. The van der Waals surface area contributed by atoms with Crippen LogP contribution in [0.25, 0.3) is 0 Å². The van der Waals surface area contributed by atoms with E-state index in [0.29, 0.717) is 6.42 Å². The van der Waals surface area contributed by atoms with Crippen molar-refractivity contribution in [3.05, 3.63) is 24.5 Å². The molecule has 0 aromatic carbocycles. The monoisotopic (exact) mass is 272 g/mol. The molecule has 0 aliphatic rings. The maximum absolute atomic E-state index is 12.1. The molecule has 0 fully saturated rings. The van der Waals surface area contributed by atoms with Gasteiger partial charge in [0.15, 0.2) is 5.84 Å². The van der Waals surface area contributed by atoms with Gasteiger partial charge in [-0.05, 0) is 25.5 Å². The average molecular weight is 272 g/mol. The number of nitrogens with two attached hydrogens (primary N) is 1. The molecule has 0 aliphatic carbocycles. The van der Waals surface area contributed by atoms with Gasteiger partial charge < -0.3 is 10.9 Å². The number of nitrogens with one attached hydrogen (secondary N) is 1. The highest BCUT2D eigenvalue weighted by Crippen LogP contribution is 2.15. The van der Waals surface area contributed by atoms with Crippen LogP contribution in [0.1, 0.15) is 20.3 Å². The van der Waals surface area contributed by atoms with E-state index in [9.17, 15) is 8.42 Å². The molecule has 1 unspecified atom stereocenters. The fourth-order valence-corrected chi connectivity index (χ4v) is 2.69. The zero-order chi connectivity index (χ0) is 13.8. The van der Waals surface area contributed by atoms with Crippen molar-refractivity contribution >= 4 is 15.9 Å². The largest absolute Gasteiger partial charge is 0.409 e. The van der Waals surface area contributed by atoms with Crippen molar-refractivity contribution in [2.24, 2.45) is 10.9 Å². The maximum Gasteiger partial charge on any atom is 0.243 e. The number of pyridine rings is 1. The average Bonchev–Trinajstić information content (AvgIpc) is 2.38. The van der Waals surface area contributed by atoms with Gasteiger partial charge in [-0.3, -0.25) is 4.98 Å². The van der Waals surface area contributed by atoms with E-state index in [2.05, 4.69) is 14.9 Å². The highest BCUT2D eigenvalue weighted by Gasteiger charge is 2.33. The lowest BCUT2D eigenvalue weighted by atomic mass is 10.00. The van der Waals surface area contributed by atoms with E-state index >= 15 is 0 Å². The Bertz CT molecular complexity index is 529. The summed E-state index contributed by atoms with van der Waals surface area (Å²) >= 11 is 0. The summed E-state index contributed by atoms with van der Waals surface area (Å²) in [6.07, 6.45) is 3.04. The topological polar surface area (TPSA) is 118 Å². The van der Waals surface area contributed by atoms with Gasteiger partial charge in [0, 0.05) is 12.4 Å². The molecule has 8 heteroatoms. The molecular weight excluding hydrogens is 256 g/mol. The van der Waals surface area contributed by atoms with E-state index < -0.39 is 15.6 Å². The highest BCUT2D eigenvalue weighted by molar-refractivity contribution is 7.89. The number of hydrogen-bond donors (Lipinski definition) is 3. The van der Waals surface area contributed by atoms with Crippen molar-refractivity contribution in [2.45, 2.75) is 30.7 Å². The van der Waals surface area contributed by atoms with Gasteiger partial charge in [-0.2, -0.15) is 4.72 Å². The summed E-state index contributed by atoms with van der Waals surface area (Å²) in [5.41, 5.74) is 4.36. The van der Waals surface area contributed by atoms with Gasteiger partial charge in [0.2, 0.25) is 10.0 Å². The second kappa shape index (κ2) is 5.32. The Kier molecular flexibility index (Phi) is 4.25. The molecule has 0 aliphatic heterocycles. The van der Waals surface area contributed by atoms with Crippen LogP contribution in [-0.2, 0) is 10.0 Å². The number of sulfonamides is 1. The first-order chi connectivity index (χ1) is 8.35. The number of amidine groups is 1. The van der Waals surface area contributed by atoms with Crippen molar-refractivity contribution in [1.82, 2.24) is 9.71 Å². The zero-order valence-electron chi connectivity index (χ0n) is 10.2. The predicted octanol–water partition coefficient (Wildman–Crippen LogP) is 0.275. The van der Waals surface area contributed by atoms with E-state index in [1.165, 1.54) is 31.5 Å². The molecule has 1 heterocycles. The van der Waals surface area contributed by atoms with Gasteiger partial charge in [0.25, 0.3) is 0 Å². The summed E-state index contributed by atoms with van der Waals surface area (Å²) in [5.74, 6) is -0.197. The van der Waals surface area contributed by atoms with Gasteiger partial charge in [-0.15, -0.1) is 0 Å². The van der Waals surface area contributed by atoms with E-state index in [0.717, 1.165) is 0 Å². The van der Waals surface area contributed by atoms with Crippen LogP contribution in [0.15, 0.2) is 34.6 Å². The van der Waals surface area contributed by atoms with Gasteiger partial charge in [-0.1, -0.05) is 12.1 Å². The van der Waals surface area contributed by atoms with Gasteiger partial charge in [0.05, 0.1) is 5.54 Å². The lowest BCUT2D eigenvalue weighted by Crippen LogP contribution is -2.54. The molecule has 100 valence electrons. The number of aromatic nitrogens is 1. The molecule has 1 aromatic rings. The lowest BCUT2D eigenvalue weighted by Gasteiger charge is -2.27. The normalized spacial score (nSPS) is 16.2. The smallest absolute Gasteiger partial charge is 0.243 e. The van der Waals surface area contributed by atoms with Crippen LogP contribution in [0, 0.1) is 0 Å². The van der Waals surface area contributed by atoms with E-state index in [1.807, 2.05) is 0 Å². The highest BCUT2D eigenvalue weighted by atomic mass is 32.2. The Labute approximate surface area is 106 Å². The third-order valence-electron chi connectivity index (χ3n) is 2.68. The second-order valence-corrected chi connectivity index (χ2v) is 5.65. The van der Waals surface area contributed by atoms with Crippen LogP contribution in [0.3, 0.4) is 0 Å². The number of rotatable bonds is 5. The summed E-state index contributed by atoms with van der Waals surface area (Å²) in [5, 5.41) is 11.5. The second-order valence-electron chi connectivity index (χ2n) is 3.97. The van der Waals surface area contributed by atoms with Crippen LogP contribution in [0.5, 0.6) is 0 Å². The summed E-state index contributed by atoms with van der Waals surface area (Å²) < 4.78 is 26.6. The van der Waals surface area contributed by atoms with Crippen molar-refractivity contribution < 1.29 is 13.6 Å². The summed E-state index contributed by atoms with van der Waals surface area (Å²) in [4.78, 5) is 3.77. The number of oxime groups is 1. The van der Waals surface area contributed by atoms with Gasteiger partial charge in [-0.25, -0.2) is 8.42 Å². The Hall–Kier alpha value is -1.67. The standard InChI is InChI=1S/C10H16N4O3S/c1-3-10(2,9(11)13-15)14-18(16,17)8-5-4-6-12-7-8/h4-7,14-15H,3H2,1-2H3,(H2,11,13). The van der Waals surface area contributed by atoms with Crippen LogP contribution < -0.4 is 10.5 Å². The molecule has 0 spiro atoms. The zero-order valence-corrected chi connectivity index (χ0v) is 11.0. The molecule has 0 saturated carbocycles. The first-order valence-electron chi connectivity index (χ1n) is 5.27. The van der Waals surface area contributed by atoms with Gasteiger partial charge in [0.1, 0.15) is 4.90 Å². The minimum Gasteiger partial charge on any atom is -0.409 e. The Morgan fingerprint density at radius 3 is 2.78 bits per heavy atom. The first-order valence-corrected chi connectivity index (χ1v) is 6.76. The molecule has 0 bridgehead atoms. The van der Waals surface area contributed by atoms with Crippen molar-refractivity contribution in [1.29, 1.82) is 0 Å². The van der Waals surface area contributed by atoms with Crippen LogP contribution in [0.4, 0.5) is 0 Å². The predicted molar refractivity (Wildman–Crippen MR) is 66.7 cm³/mol. The lowest BCUT2D eigenvalue weighted by molar-refractivity contribution is 0.310. The van der Waals surface area contributed by atoms with Gasteiger partial charge >= 0.3 is 0 Å². The molecule has 7 nitrogen and oxygen atoms in total. The van der Waals surface area contributed by atoms with E-state index in [4.69, 9.17) is 10.9 Å². The van der Waals surface area contributed by atoms with Crippen LogP contribution in [-0.4, -0.2) is 30.0 Å². The molecule has 0 saturated heterocycles. The van der Waals surface area contributed by atoms with E-state index in [1.54, 1.807) is 6.92 Å². The van der Waals surface area contributed by atoms with Crippen molar-refractivity contribution in [2.75, 3.05) is 0 Å². The van der Waals surface area contributed by atoms with E-state index in [-0.39, 0.29) is 10.7 Å². The molecular formula is C10H16N4O3S. The number of hydrogen-bond acceptors (Lipinski definition) is 5. The number of nitrogens with zero attached hydrogens (tertiary/aromatic N) is 2. The minimum absolute atomic E-state index is 0.0235. The molecule has 18 heavy (non-hydrogen) atoms. The molecule has 1 rings (SSSR count). The van der Waals surface area contributed by atoms with Crippen LogP contribution >= 0.6 is 0 Å². The van der Waals surface area contributed by atoms with Crippen LogP contribution in [0.2, 0.25) is 0 Å². The fraction of sp³-hybridized carbons (Fsp3) is 0.400. The first kappa shape index (κ1) is 14.4. The molecule has 0 amide bonds. The quantitative estimate of drug-likeness (QED) is 0.308. The molecule has 1 aromatic heterocycles. The third-order valence-corrected chi connectivity index (χ3v) is 4.27. The molecule has 4 N–H and O–H groups in total.